The van der Waals surface area contributed by atoms with E-state index in [0.29, 0.717) is 10.5 Å². The summed E-state index contributed by atoms with van der Waals surface area (Å²) in [4.78, 5) is 0. The first-order valence-electron chi connectivity index (χ1n) is 6.28. The quantitative estimate of drug-likeness (QED) is 0.758. The van der Waals surface area contributed by atoms with E-state index in [4.69, 9.17) is 0 Å². The second-order valence-electron chi connectivity index (χ2n) is 4.40. The van der Waals surface area contributed by atoms with E-state index in [1.54, 1.807) is 0 Å². The Bertz CT molecular complexity index is 433. The summed E-state index contributed by atoms with van der Waals surface area (Å²) in [5, 5.41) is 1.18. The lowest BCUT2D eigenvalue weighted by atomic mass is 10.0. The van der Waals surface area contributed by atoms with Crippen LogP contribution < -0.4 is 0 Å². The highest BCUT2D eigenvalue weighted by molar-refractivity contribution is 8.06. The molecule has 0 saturated carbocycles. The van der Waals surface area contributed by atoms with Crippen LogP contribution in [0.5, 0.6) is 0 Å². The van der Waals surface area contributed by atoms with Crippen molar-refractivity contribution in [1.29, 1.82) is 0 Å². The molecule has 2 aromatic rings. The van der Waals surface area contributed by atoms with Gasteiger partial charge in [-0.05, 0) is 11.1 Å². The molecule has 0 amide bonds. The molecule has 0 bridgehead atoms. The lowest BCUT2D eigenvalue weighted by Gasteiger charge is -2.31. The maximum absolute atomic E-state index is 2.26. The smallest absolute Gasteiger partial charge is 0.0457 e. The van der Waals surface area contributed by atoms with Gasteiger partial charge in [-0.3, -0.25) is 0 Å². The first-order valence-corrected chi connectivity index (χ1v) is 8.38. The van der Waals surface area contributed by atoms with Crippen LogP contribution in [0.3, 0.4) is 0 Å². The van der Waals surface area contributed by atoms with Crippen molar-refractivity contribution in [2.24, 2.45) is 0 Å². The Kier molecular flexibility index (Phi) is 3.96. The fraction of sp³-hybridized carbons (Fsp3) is 0.250. The molecule has 3 rings (SSSR count). The van der Waals surface area contributed by atoms with Gasteiger partial charge in [0.25, 0.3) is 0 Å². The Balaban J connectivity index is 1.92. The van der Waals surface area contributed by atoms with Crippen LogP contribution in [0.25, 0.3) is 0 Å². The van der Waals surface area contributed by atoms with Crippen LogP contribution in [-0.4, -0.2) is 11.5 Å². The Morgan fingerprint density at radius 3 is 1.39 bits per heavy atom. The van der Waals surface area contributed by atoms with Crippen molar-refractivity contribution >= 4 is 23.5 Å². The fourth-order valence-electron chi connectivity index (χ4n) is 2.35. The van der Waals surface area contributed by atoms with Crippen molar-refractivity contribution in [2.75, 3.05) is 11.5 Å². The number of rotatable bonds is 2. The van der Waals surface area contributed by atoms with Crippen LogP contribution >= 0.6 is 23.5 Å². The minimum Gasteiger partial charge on any atom is -0.151 e. The van der Waals surface area contributed by atoms with Crippen LogP contribution in [0.1, 0.15) is 21.6 Å². The normalized spacial score (nSPS) is 23.8. The maximum atomic E-state index is 2.26. The largest absolute Gasteiger partial charge is 0.151 e. The van der Waals surface area contributed by atoms with E-state index in [9.17, 15) is 0 Å². The highest BCUT2D eigenvalue weighted by Gasteiger charge is 2.28. The van der Waals surface area contributed by atoms with E-state index in [1.807, 2.05) is 0 Å². The van der Waals surface area contributed by atoms with E-state index >= 15 is 0 Å². The van der Waals surface area contributed by atoms with Crippen molar-refractivity contribution in [3.8, 4) is 0 Å². The summed E-state index contributed by atoms with van der Waals surface area (Å²) >= 11 is 4.20. The van der Waals surface area contributed by atoms with Crippen molar-refractivity contribution in [2.45, 2.75) is 10.5 Å². The van der Waals surface area contributed by atoms with Crippen LogP contribution in [0.2, 0.25) is 0 Å². The van der Waals surface area contributed by atoms with Gasteiger partial charge in [0.15, 0.2) is 0 Å². The minimum atomic E-state index is 0.590. The fourth-order valence-corrected chi connectivity index (χ4v) is 5.46. The van der Waals surface area contributed by atoms with Gasteiger partial charge in [0.05, 0.1) is 0 Å². The zero-order valence-electron chi connectivity index (χ0n) is 10.2. The second kappa shape index (κ2) is 5.85. The van der Waals surface area contributed by atoms with Gasteiger partial charge in [-0.25, -0.2) is 0 Å². The minimum absolute atomic E-state index is 0.590. The number of hydrogen-bond acceptors (Lipinski definition) is 2. The second-order valence-corrected chi connectivity index (χ2v) is 6.90. The summed E-state index contributed by atoms with van der Waals surface area (Å²) in [6.45, 7) is 0. The van der Waals surface area contributed by atoms with Gasteiger partial charge in [0, 0.05) is 22.0 Å². The molecule has 1 saturated heterocycles. The van der Waals surface area contributed by atoms with Gasteiger partial charge in [0.1, 0.15) is 0 Å². The van der Waals surface area contributed by atoms with Crippen molar-refractivity contribution < 1.29 is 0 Å². The van der Waals surface area contributed by atoms with E-state index in [1.165, 1.54) is 22.6 Å². The molecular weight excluding hydrogens is 256 g/mol. The third-order valence-electron chi connectivity index (χ3n) is 3.21. The highest BCUT2D eigenvalue weighted by atomic mass is 32.2. The SMILES string of the molecule is c1ccc([C@@H]2SCCS[C@H]2c2ccccc2)cc1. The summed E-state index contributed by atoms with van der Waals surface area (Å²) in [5.74, 6) is 2.52. The predicted octanol–water partition coefficient (Wildman–Crippen LogP) is 4.95. The molecule has 0 radical (unpaired) electrons. The molecule has 0 aliphatic carbocycles. The first kappa shape index (κ1) is 12.2. The molecule has 0 unspecified atom stereocenters. The molecular formula is C16H16S2. The molecule has 1 fully saturated rings. The predicted molar refractivity (Wildman–Crippen MR) is 83.3 cm³/mol. The maximum Gasteiger partial charge on any atom is 0.0457 e. The third kappa shape index (κ3) is 2.60. The lowest BCUT2D eigenvalue weighted by Crippen LogP contribution is -2.12. The monoisotopic (exact) mass is 272 g/mol. The van der Waals surface area contributed by atoms with E-state index < -0.39 is 0 Å². The van der Waals surface area contributed by atoms with Gasteiger partial charge in [-0.1, -0.05) is 60.7 Å². The van der Waals surface area contributed by atoms with Gasteiger partial charge >= 0.3 is 0 Å². The van der Waals surface area contributed by atoms with Gasteiger partial charge in [0.2, 0.25) is 0 Å². The lowest BCUT2D eigenvalue weighted by molar-refractivity contribution is 0.897. The van der Waals surface area contributed by atoms with E-state index in [0.717, 1.165) is 0 Å². The van der Waals surface area contributed by atoms with Gasteiger partial charge < -0.3 is 0 Å². The molecule has 2 atom stereocenters. The molecule has 1 aliphatic rings. The summed E-state index contributed by atoms with van der Waals surface area (Å²) < 4.78 is 0. The molecule has 0 N–H and O–H groups in total. The van der Waals surface area contributed by atoms with Crippen molar-refractivity contribution in [1.82, 2.24) is 0 Å². The average molecular weight is 272 g/mol. The van der Waals surface area contributed by atoms with Crippen LogP contribution in [0, 0.1) is 0 Å². The van der Waals surface area contributed by atoms with Gasteiger partial charge in [-0.2, -0.15) is 23.5 Å². The zero-order chi connectivity index (χ0) is 12.2. The molecule has 0 aromatic heterocycles. The molecule has 18 heavy (non-hydrogen) atoms. The van der Waals surface area contributed by atoms with E-state index in [-0.39, 0.29) is 0 Å². The van der Waals surface area contributed by atoms with E-state index in [2.05, 4.69) is 84.2 Å². The first-order chi connectivity index (χ1) is 8.95. The Morgan fingerprint density at radius 1 is 0.611 bits per heavy atom. The summed E-state index contributed by atoms with van der Waals surface area (Å²) in [5.41, 5.74) is 2.92. The summed E-state index contributed by atoms with van der Waals surface area (Å²) in [6, 6.07) is 21.9. The van der Waals surface area contributed by atoms with Gasteiger partial charge in [-0.15, -0.1) is 0 Å². The summed E-state index contributed by atoms with van der Waals surface area (Å²) in [6.07, 6.45) is 0. The average Bonchev–Trinajstić information content (AvgIpc) is 2.49. The van der Waals surface area contributed by atoms with Crippen LogP contribution in [-0.2, 0) is 0 Å². The Morgan fingerprint density at radius 2 is 1.00 bits per heavy atom. The highest BCUT2D eigenvalue weighted by Crippen LogP contribution is 2.51. The standard InChI is InChI=1S/C16H16S2/c1-3-7-13(8-4-1)15-16(18-12-11-17-15)14-9-5-2-6-10-14/h1-10,15-16H,11-12H2/t15-,16-/m0/s1. The Labute approximate surface area is 117 Å². The molecule has 0 spiro atoms. The Hall–Kier alpha value is -0.860. The molecule has 0 nitrogen and oxygen atoms in total. The van der Waals surface area contributed by atoms with Crippen LogP contribution in [0.4, 0.5) is 0 Å². The number of benzene rings is 2. The molecule has 1 heterocycles. The molecule has 2 heteroatoms. The van der Waals surface area contributed by atoms with Crippen molar-refractivity contribution in [3.05, 3.63) is 71.8 Å². The van der Waals surface area contributed by atoms with Crippen molar-refractivity contribution in [3.63, 3.8) is 0 Å². The number of hydrogen-bond donors (Lipinski definition) is 0. The van der Waals surface area contributed by atoms with Crippen LogP contribution in [0.15, 0.2) is 60.7 Å². The number of thioether (sulfide) groups is 2. The molecule has 2 aromatic carbocycles. The topological polar surface area (TPSA) is 0 Å². The molecule has 1 aliphatic heterocycles. The summed E-state index contributed by atoms with van der Waals surface area (Å²) in [7, 11) is 0. The zero-order valence-corrected chi connectivity index (χ0v) is 11.8. The third-order valence-corrected chi connectivity index (χ3v) is 6.33. The molecule has 92 valence electrons.